The summed E-state index contributed by atoms with van der Waals surface area (Å²) in [6.07, 6.45) is -3.95. The topological polar surface area (TPSA) is 84.3 Å². The summed E-state index contributed by atoms with van der Waals surface area (Å²) in [6, 6.07) is 3.64. The molecule has 0 atom stereocenters. The van der Waals surface area contributed by atoms with E-state index in [0.29, 0.717) is 0 Å². The number of nitrogens with one attached hydrogen (secondary N) is 2. The molecule has 2 N–H and O–H groups in total. The molecule has 6 nitrogen and oxygen atoms in total. The molecular weight excluding hydrogens is 298 g/mol. The molecule has 0 aliphatic rings. The number of halogens is 4. The minimum atomic E-state index is -4.41. The van der Waals surface area contributed by atoms with Crippen LogP contribution in [0.15, 0.2) is 18.2 Å². The summed E-state index contributed by atoms with van der Waals surface area (Å²) in [6.45, 7) is -1.62. The number of hydrogen-bond donors (Lipinski definition) is 2. The van der Waals surface area contributed by atoms with E-state index in [0.717, 1.165) is 6.07 Å². The van der Waals surface area contributed by atoms with Crippen LogP contribution < -0.4 is 10.6 Å². The fourth-order valence-corrected chi connectivity index (χ4v) is 1.50. The fourth-order valence-electron chi connectivity index (χ4n) is 1.50. The maximum Gasteiger partial charge on any atom is 0.324 e. The van der Waals surface area contributed by atoms with Crippen LogP contribution in [0.25, 0.3) is 0 Å². The second kappa shape index (κ2) is 6.37. The Morgan fingerprint density at radius 3 is 2.52 bits per heavy atom. The minimum Gasteiger partial charge on any atom is -0.383 e. The van der Waals surface area contributed by atoms with Gasteiger partial charge in [-0.15, -0.1) is 0 Å². The number of nitrogens with zero attached hydrogens (tertiary/aromatic N) is 1. The Hall–Kier alpha value is -2.39. The standard InChI is InChI=1S/C11H11F4N3O3/c1-16-7-4-2-3-6(8(7)18(20)21)9(19)17-5-11(14,15)10(12)13/h2-4,10,16H,5H2,1H3,(H,17,19). The Bertz CT molecular complexity index is 552. The molecule has 0 aromatic heterocycles. The van der Waals surface area contributed by atoms with Crippen LogP contribution in [-0.4, -0.2) is 36.8 Å². The van der Waals surface area contributed by atoms with E-state index in [2.05, 4.69) is 5.32 Å². The lowest BCUT2D eigenvalue weighted by Gasteiger charge is -2.16. The highest BCUT2D eigenvalue weighted by Gasteiger charge is 2.41. The van der Waals surface area contributed by atoms with Crippen molar-refractivity contribution in [3.8, 4) is 0 Å². The predicted octanol–water partition coefficient (Wildman–Crippen LogP) is 2.27. The Morgan fingerprint density at radius 2 is 2.05 bits per heavy atom. The highest BCUT2D eigenvalue weighted by Crippen LogP contribution is 2.28. The van der Waals surface area contributed by atoms with Crippen molar-refractivity contribution < 1.29 is 27.3 Å². The monoisotopic (exact) mass is 309 g/mol. The molecule has 0 aliphatic heterocycles. The molecule has 1 amide bonds. The van der Waals surface area contributed by atoms with Gasteiger partial charge in [0.25, 0.3) is 5.91 Å². The third kappa shape index (κ3) is 3.80. The first-order chi connectivity index (χ1) is 9.70. The molecule has 0 saturated carbocycles. The molecule has 0 bridgehead atoms. The molecule has 21 heavy (non-hydrogen) atoms. The van der Waals surface area contributed by atoms with Crippen LogP contribution in [0.1, 0.15) is 10.4 Å². The van der Waals surface area contributed by atoms with Gasteiger partial charge in [0.15, 0.2) is 0 Å². The lowest BCUT2D eigenvalue weighted by Crippen LogP contribution is -2.41. The quantitative estimate of drug-likeness (QED) is 0.479. The van der Waals surface area contributed by atoms with E-state index >= 15 is 0 Å². The lowest BCUT2D eigenvalue weighted by atomic mass is 10.1. The van der Waals surface area contributed by atoms with Crippen LogP contribution in [0.4, 0.5) is 28.9 Å². The molecule has 0 spiro atoms. The normalized spacial score (nSPS) is 11.3. The number of nitro benzene ring substituents is 1. The van der Waals surface area contributed by atoms with Crippen LogP contribution in [0.2, 0.25) is 0 Å². The number of alkyl halides is 4. The molecule has 0 fully saturated rings. The third-order valence-electron chi connectivity index (χ3n) is 2.54. The first kappa shape index (κ1) is 16.7. The van der Waals surface area contributed by atoms with Gasteiger partial charge in [-0.3, -0.25) is 14.9 Å². The average molecular weight is 309 g/mol. The lowest BCUT2D eigenvalue weighted by molar-refractivity contribution is -0.384. The number of nitro groups is 1. The van der Waals surface area contributed by atoms with Gasteiger partial charge in [0, 0.05) is 7.05 Å². The fraction of sp³-hybridized carbons (Fsp3) is 0.364. The summed E-state index contributed by atoms with van der Waals surface area (Å²) in [5.74, 6) is -5.65. The van der Waals surface area contributed by atoms with Crippen molar-refractivity contribution in [3.63, 3.8) is 0 Å². The van der Waals surface area contributed by atoms with Gasteiger partial charge in [0.1, 0.15) is 11.3 Å². The van der Waals surface area contributed by atoms with Gasteiger partial charge >= 0.3 is 18.0 Å². The number of hydrogen-bond acceptors (Lipinski definition) is 4. The number of carbonyl (C=O) groups is 1. The smallest absolute Gasteiger partial charge is 0.324 e. The van der Waals surface area contributed by atoms with Crippen molar-refractivity contribution >= 4 is 17.3 Å². The Kier molecular flexibility index (Phi) is 5.06. The van der Waals surface area contributed by atoms with E-state index in [4.69, 9.17) is 0 Å². The van der Waals surface area contributed by atoms with E-state index in [1.54, 1.807) is 5.32 Å². The zero-order valence-electron chi connectivity index (χ0n) is 10.7. The van der Waals surface area contributed by atoms with Gasteiger partial charge in [-0.05, 0) is 12.1 Å². The summed E-state index contributed by atoms with van der Waals surface area (Å²) >= 11 is 0. The SMILES string of the molecule is CNc1cccc(C(=O)NCC(F)(F)C(F)F)c1[N+](=O)[O-]. The maximum atomic E-state index is 12.7. The summed E-state index contributed by atoms with van der Waals surface area (Å²) < 4.78 is 49.4. The van der Waals surface area contributed by atoms with Crippen LogP contribution in [0.5, 0.6) is 0 Å². The Labute approximate surface area is 116 Å². The van der Waals surface area contributed by atoms with E-state index in [9.17, 15) is 32.5 Å². The number of benzene rings is 1. The van der Waals surface area contributed by atoms with Gasteiger partial charge < -0.3 is 10.6 Å². The molecule has 1 aromatic carbocycles. The maximum absolute atomic E-state index is 12.7. The number of rotatable bonds is 6. The molecule has 1 rings (SSSR count). The summed E-state index contributed by atoms with van der Waals surface area (Å²) in [4.78, 5) is 21.7. The number of para-hydroxylation sites is 1. The zero-order chi connectivity index (χ0) is 16.2. The van der Waals surface area contributed by atoms with Crippen LogP contribution in [0, 0.1) is 10.1 Å². The third-order valence-corrected chi connectivity index (χ3v) is 2.54. The molecule has 0 radical (unpaired) electrons. The van der Waals surface area contributed by atoms with Gasteiger partial charge in [-0.2, -0.15) is 8.78 Å². The van der Waals surface area contributed by atoms with E-state index < -0.39 is 41.0 Å². The van der Waals surface area contributed by atoms with Crippen molar-refractivity contribution in [2.24, 2.45) is 0 Å². The van der Waals surface area contributed by atoms with E-state index in [1.165, 1.54) is 19.2 Å². The highest BCUT2D eigenvalue weighted by molar-refractivity contribution is 6.00. The van der Waals surface area contributed by atoms with Crippen LogP contribution in [-0.2, 0) is 0 Å². The molecule has 0 heterocycles. The van der Waals surface area contributed by atoms with Crippen molar-refractivity contribution in [1.29, 1.82) is 0 Å². The van der Waals surface area contributed by atoms with Crippen molar-refractivity contribution in [2.75, 3.05) is 18.9 Å². The number of anilines is 1. The van der Waals surface area contributed by atoms with Crippen molar-refractivity contribution in [1.82, 2.24) is 5.32 Å². The summed E-state index contributed by atoms with van der Waals surface area (Å²) in [5.41, 5.74) is -1.14. The second-order valence-corrected chi connectivity index (χ2v) is 3.95. The second-order valence-electron chi connectivity index (χ2n) is 3.95. The van der Waals surface area contributed by atoms with Crippen molar-refractivity contribution in [2.45, 2.75) is 12.3 Å². The van der Waals surface area contributed by atoms with E-state index in [-0.39, 0.29) is 5.69 Å². The van der Waals surface area contributed by atoms with E-state index in [1.807, 2.05) is 0 Å². The highest BCUT2D eigenvalue weighted by atomic mass is 19.3. The van der Waals surface area contributed by atoms with Gasteiger partial charge in [-0.1, -0.05) is 6.07 Å². The van der Waals surface area contributed by atoms with Crippen LogP contribution in [0.3, 0.4) is 0 Å². The average Bonchev–Trinajstić information content (AvgIpc) is 2.43. The first-order valence-electron chi connectivity index (χ1n) is 5.60. The summed E-state index contributed by atoms with van der Waals surface area (Å²) in [7, 11) is 1.37. The molecule has 0 unspecified atom stereocenters. The minimum absolute atomic E-state index is 0.00623. The van der Waals surface area contributed by atoms with Crippen LogP contribution >= 0.6 is 0 Å². The Balaban J connectivity index is 3.01. The largest absolute Gasteiger partial charge is 0.383 e. The molecule has 0 aliphatic carbocycles. The van der Waals surface area contributed by atoms with Crippen molar-refractivity contribution in [3.05, 3.63) is 33.9 Å². The molecular formula is C11H11F4N3O3. The predicted molar refractivity (Wildman–Crippen MR) is 65.9 cm³/mol. The summed E-state index contributed by atoms with van der Waals surface area (Å²) in [5, 5.41) is 15.0. The van der Waals surface area contributed by atoms with Gasteiger partial charge in [0.2, 0.25) is 0 Å². The number of amides is 1. The molecule has 0 saturated heterocycles. The van der Waals surface area contributed by atoms with Gasteiger partial charge in [0.05, 0.1) is 11.5 Å². The zero-order valence-corrected chi connectivity index (χ0v) is 10.7. The Morgan fingerprint density at radius 1 is 1.43 bits per heavy atom. The molecule has 10 heteroatoms. The van der Waals surface area contributed by atoms with Gasteiger partial charge in [-0.25, -0.2) is 8.78 Å². The number of carbonyl (C=O) groups excluding carboxylic acids is 1. The molecule has 116 valence electrons. The molecule has 1 aromatic rings. The first-order valence-corrected chi connectivity index (χ1v) is 5.60.